The van der Waals surface area contributed by atoms with Crippen LogP contribution in [0.15, 0.2) is 50.5 Å². The number of rotatable bonds is 9. The number of amidine groups is 1. The molecule has 1 saturated heterocycles. The van der Waals surface area contributed by atoms with Crippen molar-refractivity contribution in [3.05, 3.63) is 61.9 Å². The Bertz CT molecular complexity index is 1260. The fraction of sp³-hybridized carbons (Fsp3) is 0.440. The van der Waals surface area contributed by atoms with Crippen molar-refractivity contribution in [3.63, 3.8) is 0 Å². The molecule has 0 amide bonds. The number of aliphatic carboxylic acids is 1. The third-order valence-corrected chi connectivity index (χ3v) is 7.83. The third-order valence-electron chi connectivity index (χ3n) is 6.36. The largest absolute Gasteiger partial charge is 0.481 e. The van der Waals surface area contributed by atoms with E-state index in [1.807, 2.05) is 0 Å². The normalized spacial score (nSPS) is 21.6. The van der Waals surface area contributed by atoms with Crippen molar-refractivity contribution in [2.45, 2.75) is 50.6 Å². The summed E-state index contributed by atoms with van der Waals surface area (Å²) in [7, 11) is 0. The minimum atomic E-state index is -2.97. The number of benzene rings is 1. The van der Waals surface area contributed by atoms with Crippen LogP contribution in [0, 0.1) is 5.82 Å². The number of alkyl halides is 2. The number of esters is 1. The topological polar surface area (TPSA) is 104 Å². The number of halogens is 4. The van der Waals surface area contributed by atoms with E-state index in [2.05, 4.69) is 26.2 Å². The Morgan fingerprint density at radius 2 is 2.16 bits per heavy atom. The Morgan fingerprint density at radius 1 is 1.37 bits per heavy atom. The zero-order chi connectivity index (χ0) is 27.4. The summed E-state index contributed by atoms with van der Waals surface area (Å²) in [6.07, 6.45) is 1.38. The Kier molecular flexibility index (Phi) is 8.89. The van der Waals surface area contributed by atoms with E-state index < -0.39 is 42.3 Å². The van der Waals surface area contributed by atoms with E-state index in [0.29, 0.717) is 26.6 Å². The number of carbonyl (C=O) groups is 2. The molecule has 0 bridgehead atoms. The van der Waals surface area contributed by atoms with E-state index in [1.54, 1.807) is 18.5 Å². The molecule has 2 aromatic rings. The zero-order valence-corrected chi connectivity index (χ0v) is 22.8. The maximum absolute atomic E-state index is 14.5. The van der Waals surface area contributed by atoms with E-state index in [9.17, 15) is 27.9 Å². The van der Waals surface area contributed by atoms with Crippen LogP contribution in [0.3, 0.4) is 0 Å². The minimum Gasteiger partial charge on any atom is -0.481 e. The quantitative estimate of drug-likeness (QED) is 0.386. The minimum absolute atomic E-state index is 0.0684. The molecule has 0 aliphatic carbocycles. The van der Waals surface area contributed by atoms with Crippen molar-refractivity contribution in [2.24, 2.45) is 4.99 Å². The van der Waals surface area contributed by atoms with Gasteiger partial charge in [-0.3, -0.25) is 14.7 Å². The van der Waals surface area contributed by atoms with Crippen LogP contribution < -0.4 is 5.32 Å². The van der Waals surface area contributed by atoms with Gasteiger partial charge in [0.15, 0.2) is 10.8 Å². The molecule has 1 aromatic carbocycles. The first kappa shape index (κ1) is 28.2. The van der Waals surface area contributed by atoms with Crippen LogP contribution in [0.25, 0.3) is 0 Å². The maximum Gasteiger partial charge on any atom is 0.338 e. The number of aromatic nitrogens is 1. The Balaban J connectivity index is 1.81. The third kappa shape index (κ3) is 6.62. The highest BCUT2D eigenvalue weighted by atomic mass is 79.9. The number of aliphatic imine (C=N–C) groups is 1. The number of nitrogens with one attached hydrogen (secondary N) is 1. The van der Waals surface area contributed by atoms with Gasteiger partial charge in [0.1, 0.15) is 11.9 Å². The molecule has 1 fully saturated rings. The SMILES string of the molecule is CCOC(=O)C1=C(CN2CC(F)(F)CCC2CCC(=O)O)NC(c2nccs2)=N[C@H]1c1ccc(F)cc1Br. The number of hydrogen-bond acceptors (Lipinski definition) is 8. The lowest BCUT2D eigenvalue weighted by Crippen LogP contribution is -2.51. The van der Waals surface area contributed by atoms with Gasteiger partial charge in [-0.15, -0.1) is 11.3 Å². The van der Waals surface area contributed by atoms with E-state index in [4.69, 9.17) is 9.73 Å². The number of nitrogens with zero attached hydrogens (tertiary/aromatic N) is 3. The van der Waals surface area contributed by atoms with Crippen molar-refractivity contribution in [1.82, 2.24) is 15.2 Å². The van der Waals surface area contributed by atoms with Crippen LogP contribution in [-0.4, -0.2) is 64.4 Å². The zero-order valence-electron chi connectivity index (χ0n) is 20.4. The maximum atomic E-state index is 14.5. The molecule has 2 aliphatic heterocycles. The number of hydrogen-bond donors (Lipinski definition) is 2. The molecule has 8 nitrogen and oxygen atoms in total. The number of thiazole rings is 1. The average molecular weight is 615 g/mol. The van der Waals surface area contributed by atoms with E-state index >= 15 is 0 Å². The number of likely N-dealkylation sites (tertiary alicyclic amines) is 1. The molecule has 2 aliphatic rings. The smallest absolute Gasteiger partial charge is 0.338 e. The molecule has 2 atom stereocenters. The molecule has 38 heavy (non-hydrogen) atoms. The molecular formula is C25H26BrF3N4O4S. The molecule has 0 saturated carbocycles. The van der Waals surface area contributed by atoms with Crippen LogP contribution in [0.5, 0.6) is 0 Å². The molecule has 0 radical (unpaired) electrons. The highest BCUT2D eigenvalue weighted by molar-refractivity contribution is 9.10. The lowest BCUT2D eigenvalue weighted by Gasteiger charge is -2.41. The number of piperidine rings is 1. The van der Waals surface area contributed by atoms with Gasteiger partial charge in [-0.25, -0.2) is 22.9 Å². The van der Waals surface area contributed by atoms with Gasteiger partial charge in [0, 0.05) is 47.2 Å². The molecule has 4 rings (SSSR count). The summed E-state index contributed by atoms with van der Waals surface area (Å²) in [4.78, 5) is 35.0. The van der Waals surface area contributed by atoms with Crippen LogP contribution >= 0.6 is 27.3 Å². The van der Waals surface area contributed by atoms with E-state index in [-0.39, 0.29) is 44.4 Å². The lowest BCUT2D eigenvalue weighted by molar-refractivity contribution is -0.139. The molecule has 1 unspecified atom stereocenters. The molecule has 3 heterocycles. The van der Waals surface area contributed by atoms with Crippen LogP contribution in [0.4, 0.5) is 13.2 Å². The van der Waals surface area contributed by atoms with Crippen LogP contribution in [0.2, 0.25) is 0 Å². The lowest BCUT2D eigenvalue weighted by atomic mass is 9.92. The van der Waals surface area contributed by atoms with Gasteiger partial charge in [0.05, 0.1) is 18.7 Å². The van der Waals surface area contributed by atoms with Crippen molar-refractivity contribution >= 4 is 45.0 Å². The van der Waals surface area contributed by atoms with Gasteiger partial charge in [0.25, 0.3) is 5.92 Å². The summed E-state index contributed by atoms with van der Waals surface area (Å²) in [5.74, 6) is -4.83. The van der Waals surface area contributed by atoms with Gasteiger partial charge in [-0.2, -0.15) is 0 Å². The van der Waals surface area contributed by atoms with E-state index in [1.165, 1.54) is 34.4 Å². The summed E-state index contributed by atoms with van der Waals surface area (Å²) in [5.41, 5.74) is 0.877. The second kappa shape index (κ2) is 12.0. The fourth-order valence-corrected chi connectivity index (χ4v) is 5.79. The number of carboxylic acid groups (broad SMARTS) is 1. The van der Waals surface area contributed by atoms with Gasteiger partial charge < -0.3 is 15.2 Å². The van der Waals surface area contributed by atoms with Crippen molar-refractivity contribution in [3.8, 4) is 0 Å². The Morgan fingerprint density at radius 3 is 2.82 bits per heavy atom. The molecule has 0 spiro atoms. The Hall–Kier alpha value is -2.77. The first-order chi connectivity index (χ1) is 18.1. The predicted octanol–water partition coefficient (Wildman–Crippen LogP) is 4.92. The molecule has 13 heteroatoms. The predicted molar refractivity (Wildman–Crippen MR) is 139 cm³/mol. The van der Waals surface area contributed by atoms with Crippen LogP contribution in [-0.2, 0) is 14.3 Å². The average Bonchev–Trinajstić information content (AvgIpc) is 3.38. The summed E-state index contributed by atoms with van der Waals surface area (Å²) in [5, 5.41) is 14.6. The van der Waals surface area contributed by atoms with Crippen molar-refractivity contribution in [1.29, 1.82) is 0 Å². The molecular weight excluding hydrogens is 589 g/mol. The fourth-order valence-electron chi connectivity index (χ4n) is 4.64. The van der Waals surface area contributed by atoms with Gasteiger partial charge in [-0.05, 0) is 37.5 Å². The van der Waals surface area contributed by atoms with Gasteiger partial charge in [-0.1, -0.05) is 22.0 Å². The van der Waals surface area contributed by atoms with E-state index in [0.717, 1.165) is 0 Å². The van der Waals surface area contributed by atoms with Gasteiger partial charge >= 0.3 is 11.9 Å². The molecule has 2 N–H and O–H groups in total. The number of carbonyl (C=O) groups excluding carboxylic acids is 1. The highest BCUT2D eigenvalue weighted by Gasteiger charge is 2.42. The summed E-state index contributed by atoms with van der Waals surface area (Å²) < 4.78 is 48.7. The Labute approximate surface area is 229 Å². The molecule has 1 aromatic heterocycles. The second-order valence-corrected chi connectivity index (χ2v) is 10.8. The van der Waals surface area contributed by atoms with Crippen LogP contribution in [0.1, 0.15) is 49.2 Å². The molecule has 204 valence electrons. The highest BCUT2D eigenvalue weighted by Crippen LogP contribution is 2.38. The van der Waals surface area contributed by atoms with Crippen molar-refractivity contribution < 1.29 is 32.6 Å². The second-order valence-electron chi connectivity index (χ2n) is 9.01. The number of ether oxygens (including phenoxy) is 1. The van der Waals surface area contributed by atoms with Gasteiger partial charge in [0.2, 0.25) is 0 Å². The van der Waals surface area contributed by atoms with Crippen molar-refractivity contribution in [2.75, 3.05) is 19.7 Å². The number of carboxylic acids is 1. The first-order valence-electron chi connectivity index (χ1n) is 12.0. The summed E-state index contributed by atoms with van der Waals surface area (Å²) in [6, 6.07) is 2.63. The summed E-state index contributed by atoms with van der Waals surface area (Å²) in [6.45, 7) is 1.02. The monoisotopic (exact) mass is 614 g/mol. The summed E-state index contributed by atoms with van der Waals surface area (Å²) >= 11 is 4.66. The standard InChI is InChI=1S/C25H26BrF3N4O4S/c1-2-37-24(36)20-18(12-33-13-25(28,29)8-7-15(33)4-6-19(34)35)31-22(23-30-9-10-38-23)32-21(20)16-5-3-14(27)11-17(16)26/h3,5,9-11,15,21H,2,4,6-8,12-13H2,1H3,(H,31,32)(H,34,35)/t15?,21-/m0/s1. The first-order valence-corrected chi connectivity index (χ1v) is 13.7.